The van der Waals surface area contributed by atoms with E-state index in [0.717, 1.165) is 22.8 Å². The second kappa shape index (κ2) is 9.33. The van der Waals surface area contributed by atoms with Crippen LogP contribution < -0.4 is 24.8 Å². The number of carbonyl (C=O) groups excluding carboxylic acids is 1. The molecule has 0 aromatic heterocycles. The molecule has 1 aliphatic heterocycles. The molecule has 0 unspecified atom stereocenters. The molecule has 0 bridgehead atoms. The summed E-state index contributed by atoms with van der Waals surface area (Å²) >= 11 is 0. The molecule has 0 radical (unpaired) electrons. The lowest BCUT2D eigenvalue weighted by molar-refractivity contribution is -0.118. The fourth-order valence-corrected chi connectivity index (χ4v) is 3.31. The molecule has 0 saturated carbocycles. The largest absolute Gasteiger partial charge is 0.497 e. The molecule has 1 amide bonds. The number of nitrogens with one attached hydrogen (secondary N) is 2. The fourth-order valence-electron chi connectivity index (χ4n) is 3.31. The van der Waals surface area contributed by atoms with E-state index in [1.165, 1.54) is 0 Å². The number of hydrogen-bond donors (Lipinski definition) is 2. The Bertz CT molecular complexity index is 976. The highest BCUT2D eigenvalue weighted by Gasteiger charge is 2.25. The number of hydrogen-bond acceptors (Lipinski definition) is 5. The van der Waals surface area contributed by atoms with Gasteiger partial charge in [0.2, 0.25) is 5.91 Å². The van der Waals surface area contributed by atoms with Gasteiger partial charge in [-0.3, -0.25) is 10.1 Å². The van der Waals surface area contributed by atoms with Crippen molar-refractivity contribution < 1.29 is 19.0 Å². The van der Waals surface area contributed by atoms with Gasteiger partial charge in [0, 0.05) is 12.2 Å². The summed E-state index contributed by atoms with van der Waals surface area (Å²) in [5, 5.41) is 6.30. The maximum absolute atomic E-state index is 13.1. The highest BCUT2D eigenvalue weighted by atomic mass is 16.6. The number of anilines is 1. The molecule has 1 aliphatic rings. The van der Waals surface area contributed by atoms with Crippen LogP contribution in [0, 0.1) is 0 Å². The number of methoxy groups -OCH3 is 1. The van der Waals surface area contributed by atoms with Crippen molar-refractivity contribution in [3.63, 3.8) is 0 Å². The molecular weight excluding hydrogens is 380 g/mol. The summed E-state index contributed by atoms with van der Waals surface area (Å²) in [6, 6.07) is 23.9. The number of benzene rings is 3. The summed E-state index contributed by atoms with van der Waals surface area (Å²) in [6.45, 7) is 0.884. The first-order valence-electron chi connectivity index (χ1n) is 9.84. The van der Waals surface area contributed by atoms with E-state index in [1.54, 1.807) is 7.11 Å². The van der Waals surface area contributed by atoms with Crippen LogP contribution in [0.25, 0.3) is 0 Å². The Balaban J connectivity index is 1.44. The van der Waals surface area contributed by atoms with Crippen molar-refractivity contribution >= 4 is 11.6 Å². The predicted octanol–water partition coefficient (Wildman–Crippen LogP) is 3.80. The first-order chi connectivity index (χ1) is 14.7. The van der Waals surface area contributed by atoms with Gasteiger partial charge in [-0.2, -0.15) is 0 Å². The molecule has 0 aliphatic carbocycles. The summed E-state index contributed by atoms with van der Waals surface area (Å²) in [5.74, 6) is 2.05. The van der Waals surface area contributed by atoms with Gasteiger partial charge in [0.05, 0.1) is 7.11 Å². The summed E-state index contributed by atoms with van der Waals surface area (Å²) in [4.78, 5) is 13.1. The van der Waals surface area contributed by atoms with E-state index in [2.05, 4.69) is 10.6 Å². The van der Waals surface area contributed by atoms with E-state index in [-0.39, 0.29) is 12.0 Å². The second-order valence-electron chi connectivity index (χ2n) is 6.97. The third-order valence-corrected chi connectivity index (χ3v) is 4.87. The van der Waals surface area contributed by atoms with Gasteiger partial charge < -0.3 is 19.5 Å². The monoisotopic (exact) mass is 404 g/mol. The Kier molecular flexibility index (Phi) is 6.15. The molecule has 2 N–H and O–H groups in total. The van der Waals surface area contributed by atoms with E-state index in [9.17, 15) is 4.79 Å². The molecule has 0 fully saturated rings. The van der Waals surface area contributed by atoms with Crippen molar-refractivity contribution in [1.82, 2.24) is 5.32 Å². The summed E-state index contributed by atoms with van der Waals surface area (Å²) < 4.78 is 17.0. The first-order valence-corrected chi connectivity index (χ1v) is 9.84. The highest BCUT2D eigenvalue weighted by Crippen LogP contribution is 2.31. The summed E-state index contributed by atoms with van der Waals surface area (Å²) in [7, 11) is 1.61. The zero-order chi connectivity index (χ0) is 20.8. The van der Waals surface area contributed by atoms with E-state index < -0.39 is 6.04 Å². The molecule has 3 aromatic carbocycles. The van der Waals surface area contributed by atoms with Gasteiger partial charge in [-0.05, 0) is 42.0 Å². The lowest BCUT2D eigenvalue weighted by Gasteiger charge is -2.28. The minimum absolute atomic E-state index is 0.150. The van der Waals surface area contributed by atoms with Crippen LogP contribution in [0.5, 0.6) is 17.2 Å². The Morgan fingerprint density at radius 3 is 2.43 bits per heavy atom. The molecule has 6 nitrogen and oxygen atoms in total. The van der Waals surface area contributed by atoms with Crippen molar-refractivity contribution in [2.45, 2.75) is 12.1 Å². The Morgan fingerprint density at radius 2 is 1.70 bits per heavy atom. The number of ether oxygens (including phenoxy) is 3. The number of carbonyl (C=O) groups is 1. The SMILES string of the molecule is COc1ccc(NC(=O)[C@@H](NC[C@H]2COc3ccccc3O2)c2ccccc2)cc1. The number of para-hydroxylation sites is 2. The maximum Gasteiger partial charge on any atom is 0.246 e. The quantitative estimate of drug-likeness (QED) is 0.627. The lowest BCUT2D eigenvalue weighted by atomic mass is 10.1. The van der Waals surface area contributed by atoms with E-state index >= 15 is 0 Å². The van der Waals surface area contributed by atoms with Crippen LogP contribution >= 0.6 is 0 Å². The molecule has 3 aromatic rings. The fraction of sp³-hybridized carbons (Fsp3) is 0.208. The Labute approximate surface area is 175 Å². The van der Waals surface area contributed by atoms with Gasteiger partial charge in [-0.25, -0.2) is 0 Å². The zero-order valence-electron chi connectivity index (χ0n) is 16.7. The number of amides is 1. The highest BCUT2D eigenvalue weighted by molar-refractivity contribution is 5.95. The van der Waals surface area contributed by atoms with Gasteiger partial charge in [-0.1, -0.05) is 42.5 Å². The molecule has 2 atom stereocenters. The molecule has 0 saturated heterocycles. The summed E-state index contributed by atoms with van der Waals surface area (Å²) in [6.07, 6.45) is -0.195. The standard InChI is InChI=1S/C24H24N2O4/c1-28-19-13-11-18(12-14-19)26-24(27)23(17-7-3-2-4-8-17)25-15-20-16-29-21-9-5-6-10-22(21)30-20/h2-14,20,23,25H,15-16H2,1H3,(H,26,27)/t20-,23-/m0/s1. The topological polar surface area (TPSA) is 68.8 Å². The summed E-state index contributed by atoms with van der Waals surface area (Å²) in [5.41, 5.74) is 1.58. The predicted molar refractivity (Wildman–Crippen MR) is 115 cm³/mol. The zero-order valence-corrected chi connectivity index (χ0v) is 16.7. The number of rotatable bonds is 7. The van der Waals surface area contributed by atoms with Gasteiger partial charge in [0.15, 0.2) is 11.5 Å². The molecule has 1 heterocycles. The van der Waals surface area contributed by atoms with Crippen molar-refractivity contribution in [3.05, 3.63) is 84.4 Å². The smallest absolute Gasteiger partial charge is 0.246 e. The van der Waals surface area contributed by atoms with Crippen molar-refractivity contribution in [3.8, 4) is 17.2 Å². The van der Waals surface area contributed by atoms with Gasteiger partial charge >= 0.3 is 0 Å². The maximum atomic E-state index is 13.1. The van der Waals surface area contributed by atoms with Crippen LogP contribution in [0.4, 0.5) is 5.69 Å². The van der Waals surface area contributed by atoms with Crippen molar-refractivity contribution in [2.75, 3.05) is 25.6 Å². The molecule has 154 valence electrons. The average molecular weight is 404 g/mol. The van der Waals surface area contributed by atoms with Crippen LogP contribution in [-0.4, -0.2) is 32.3 Å². The van der Waals surface area contributed by atoms with Crippen molar-refractivity contribution in [1.29, 1.82) is 0 Å². The molecule has 30 heavy (non-hydrogen) atoms. The Morgan fingerprint density at radius 1 is 1.00 bits per heavy atom. The van der Waals surface area contributed by atoms with E-state index in [1.807, 2.05) is 78.9 Å². The minimum atomic E-state index is -0.533. The van der Waals surface area contributed by atoms with E-state index in [4.69, 9.17) is 14.2 Å². The van der Waals surface area contributed by atoms with E-state index in [0.29, 0.717) is 18.8 Å². The Hall–Kier alpha value is -3.51. The molecular formula is C24H24N2O4. The lowest BCUT2D eigenvalue weighted by Crippen LogP contribution is -2.42. The van der Waals surface area contributed by atoms with Crippen LogP contribution in [0.2, 0.25) is 0 Å². The molecule has 0 spiro atoms. The second-order valence-corrected chi connectivity index (χ2v) is 6.97. The average Bonchev–Trinajstić information content (AvgIpc) is 2.80. The van der Waals surface area contributed by atoms with Gasteiger partial charge in [0.25, 0.3) is 0 Å². The van der Waals surface area contributed by atoms with Crippen LogP contribution in [0.15, 0.2) is 78.9 Å². The third kappa shape index (κ3) is 4.72. The van der Waals surface area contributed by atoms with Crippen molar-refractivity contribution in [2.24, 2.45) is 0 Å². The number of fused-ring (bicyclic) bond motifs is 1. The molecule has 6 heteroatoms. The van der Waals surface area contributed by atoms with Gasteiger partial charge in [0.1, 0.15) is 24.5 Å². The van der Waals surface area contributed by atoms with Crippen LogP contribution in [0.3, 0.4) is 0 Å². The minimum Gasteiger partial charge on any atom is -0.497 e. The third-order valence-electron chi connectivity index (χ3n) is 4.87. The van der Waals surface area contributed by atoms with Gasteiger partial charge in [-0.15, -0.1) is 0 Å². The first kappa shape index (κ1) is 19.8. The van der Waals surface area contributed by atoms with Crippen LogP contribution in [0.1, 0.15) is 11.6 Å². The normalized spacial score (nSPS) is 15.8. The molecule has 4 rings (SSSR count). The van der Waals surface area contributed by atoms with Crippen LogP contribution in [-0.2, 0) is 4.79 Å².